The van der Waals surface area contributed by atoms with Gasteiger partial charge in [-0.05, 0) is 43.7 Å². The Morgan fingerprint density at radius 1 is 1.00 bits per heavy atom. The zero-order chi connectivity index (χ0) is 25.8. The lowest BCUT2D eigenvalue weighted by Gasteiger charge is -2.35. The summed E-state index contributed by atoms with van der Waals surface area (Å²) in [5.74, 6) is 0.317. The summed E-state index contributed by atoms with van der Waals surface area (Å²) in [5.41, 5.74) is 2.07. The highest BCUT2D eigenvalue weighted by Crippen LogP contribution is 2.36. The molecule has 2 aromatic carbocycles. The Morgan fingerprint density at radius 3 is 2.33 bits per heavy atom. The highest BCUT2D eigenvalue weighted by atomic mass is 16.5. The maximum atomic E-state index is 12.9. The summed E-state index contributed by atoms with van der Waals surface area (Å²) in [7, 11) is 3.09. The lowest BCUT2D eigenvalue weighted by Crippen LogP contribution is -2.48. The lowest BCUT2D eigenvalue weighted by atomic mass is 10.1. The van der Waals surface area contributed by atoms with E-state index in [0.717, 1.165) is 5.56 Å². The van der Waals surface area contributed by atoms with Crippen LogP contribution in [-0.4, -0.2) is 68.7 Å². The Kier molecular flexibility index (Phi) is 7.79. The maximum absolute atomic E-state index is 12.9. The van der Waals surface area contributed by atoms with Gasteiger partial charge in [0.15, 0.2) is 0 Å². The third-order valence-electron chi connectivity index (χ3n) is 6.55. The quantitative estimate of drug-likeness (QED) is 0.634. The van der Waals surface area contributed by atoms with Crippen LogP contribution in [0, 0.1) is 5.92 Å². The van der Waals surface area contributed by atoms with Crippen LogP contribution in [0.15, 0.2) is 42.5 Å². The predicted octanol–water partition coefficient (Wildman–Crippen LogP) is 2.62. The van der Waals surface area contributed by atoms with Gasteiger partial charge in [0.25, 0.3) is 5.91 Å². The van der Waals surface area contributed by atoms with E-state index in [4.69, 9.17) is 14.2 Å². The van der Waals surface area contributed by atoms with Crippen LogP contribution in [0.3, 0.4) is 0 Å². The Morgan fingerprint density at radius 2 is 1.69 bits per heavy atom. The van der Waals surface area contributed by atoms with Crippen LogP contribution in [0.4, 0.5) is 5.69 Å². The summed E-state index contributed by atoms with van der Waals surface area (Å²) in [6.07, 6.45) is 0.141. The summed E-state index contributed by atoms with van der Waals surface area (Å²) >= 11 is 0. The van der Waals surface area contributed by atoms with E-state index in [1.165, 1.54) is 7.11 Å². The Labute approximate surface area is 211 Å². The number of rotatable bonds is 7. The molecule has 3 atom stereocenters. The molecule has 0 spiro atoms. The fraction of sp³-hybridized carbons (Fsp3) is 0.444. The smallest absolute Gasteiger partial charge is 0.254 e. The number of methoxy groups -OCH3 is 2. The van der Waals surface area contributed by atoms with Crippen LogP contribution >= 0.6 is 0 Å². The number of hydrogen-bond acceptors (Lipinski definition) is 6. The third-order valence-corrected chi connectivity index (χ3v) is 6.55. The molecule has 0 aliphatic carbocycles. The van der Waals surface area contributed by atoms with E-state index < -0.39 is 5.92 Å². The molecule has 9 heteroatoms. The van der Waals surface area contributed by atoms with Gasteiger partial charge in [-0.25, -0.2) is 0 Å². The second-order valence-electron chi connectivity index (χ2n) is 9.33. The highest BCUT2D eigenvalue weighted by molar-refractivity contribution is 6.01. The molecule has 2 aliphatic heterocycles. The van der Waals surface area contributed by atoms with Crippen LogP contribution in [-0.2, 0) is 20.9 Å². The topological polar surface area (TPSA) is 97.4 Å². The first kappa shape index (κ1) is 25.5. The second kappa shape index (κ2) is 11.0. The van der Waals surface area contributed by atoms with Crippen molar-refractivity contribution in [2.24, 2.45) is 5.92 Å². The highest BCUT2D eigenvalue weighted by Gasteiger charge is 2.36. The third kappa shape index (κ3) is 5.62. The molecule has 9 nitrogen and oxygen atoms in total. The molecule has 0 bridgehead atoms. The van der Waals surface area contributed by atoms with Crippen LogP contribution in [0.1, 0.15) is 36.2 Å². The van der Waals surface area contributed by atoms with Gasteiger partial charge in [0, 0.05) is 44.2 Å². The van der Waals surface area contributed by atoms with Crippen LogP contribution in [0.25, 0.3) is 0 Å². The molecule has 0 radical (unpaired) electrons. The zero-order valence-corrected chi connectivity index (χ0v) is 21.2. The molecule has 192 valence electrons. The molecular weight excluding hydrogens is 462 g/mol. The fourth-order valence-electron chi connectivity index (χ4n) is 4.75. The SMILES string of the molecule is COc1ccc(OC)c(N2CC(C(=O)NCc3ccc(C(=O)N4CC(C)OC(C)C4)cc3)CC2=O)c1. The van der Waals surface area contributed by atoms with Crippen molar-refractivity contribution >= 4 is 23.4 Å². The molecule has 4 rings (SSSR count). The number of carbonyl (C=O) groups is 3. The number of benzene rings is 2. The Hall–Kier alpha value is -3.59. The van der Waals surface area contributed by atoms with Crippen molar-refractivity contribution in [3.8, 4) is 11.5 Å². The van der Waals surface area contributed by atoms with Gasteiger partial charge in [0.1, 0.15) is 11.5 Å². The Bertz CT molecular complexity index is 1110. The maximum Gasteiger partial charge on any atom is 0.254 e. The number of hydrogen-bond donors (Lipinski definition) is 1. The average molecular weight is 496 g/mol. The summed E-state index contributed by atoms with van der Waals surface area (Å²) in [6, 6.07) is 12.5. The van der Waals surface area contributed by atoms with E-state index in [0.29, 0.717) is 42.4 Å². The number of amides is 3. The number of ether oxygens (including phenoxy) is 3. The van der Waals surface area contributed by atoms with Gasteiger partial charge in [-0.15, -0.1) is 0 Å². The normalized spacial score (nSPS) is 21.9. The molecule has 3 amide bonds. The van der Waals surface area contributed by atoms with Crippen molar-refractivity contribution in [2.45, 2.75) is 39.0 Å². The van der Waals surface area contributed by atoms with Gasteiger partial charge in [0.2, 0.25) is 11.8 Å². The van der Waals surface area contributed by atoms with Crippen LogP contribution in [0.2, 0.25) is 0 Å². The van der Waals surface area contributed by atoms with E-state index in [1.54, 1.807) is 42.3 Å². The van der Waals surface area contributed by atoms with Gasteiger partial charge >= 0.3 is 0 Å². The minimum Gasteiger partial charge on any atom is -0.497 e. The standard InChI is InChI=1S/C27H33N3O6/c1-17-14-29(15-18(2)36-17)27(33)20-7-5-19(6-8-20)13-28-26(32)21-11-25(31)30(16-21)23-12-22(34-3)9-10-24(23)35-4/h5-10,12,17-18,21H,11,13-16H2,1-4H3,(H,28,32). The van der Waals surface area contributed by atoms with Crippen LogP contribution < -0.4 is 19.7 Å². The fourth-order valence-corrected chi connectivity index (χ4v) is 4.75. The van der Waals surface area contributed by atoms with Crippen molar-refractivity contribution in [1.29, 1.82) is 0 Å². The predicted molar refractivity (Wildman–Crippen MR) is 134 cm³/mol. The molecule has 2 saturated heterocycles. The molecule has 1 N–H and O–H groups in total. The van der Waals surface area contributed by atoms with Gasteiger partial charge in [-0.2, -0.15) is 0 Å². The van der Waals surface area contributed by atoms with E-state index in [1.807, 2.05) is 30.9 Å². The number of carbonyl (C=O) groups excluding carboxylic acids is 3. The Balaban J connectivity index is 1.34. The lowest BCUT2D eigenvalue weighted by molar-refractivity contribution is -0.126. The van der Waals surface area contributed by atoms with Crippen molar-refractivity contribution in [2.75, 3.05) is 38.8 Å². The van der Waals surface area contributed by atoms with Crippen molar-refractivity contribution in [1.82, 2.24) is 10.2 Å². The first-order chi connectivity index (χ1) is 17.3. The second-order valence-corrected chi connectivity index (χ2v) is 9.33. The molecule has 36 heavy (non-hydrogen) atoms. The first-order valence-corrected chi connectivity index (χ1v) is 12.1. The minimum atomic E-state index is -0.473. The number of nitrogens with zero attached hydrogens (tertiary/aromatic N) is 2. The molecular formula is C27H33N3O6. The van der Waals surface area contributed by atoms with Gasteiger partial charge in [-0.3, -0.25) is 14.4 Å². The van der Waals surface area contributed by atoms with E-state index in [2.05, 4.69) is 5.32 Å². The molecule has 2 fully saturated rings. The summed E-state index contributed by atoms with van der Waals surface area (Å²) in [6.45, 7) is 5.64. The largest absolute Gasteiger partial charge is 0.497 e. The molecule has 2 heterocycles. The van der Waals surface area contributed by atoms with Crippen LogP contribution in [0.5, 0.6) is 11.5 Å². The molecule has 2 aromatic rings. The molecule has 3 unspecified atom stereocenters. The number of morpholine rings is 1. The number of nitrogens with one attached hydrogen (secondary N) is 1. The van der Waals surface area contributed by atoms with E-state index in [9.17, 15) is 14.4 Å². The monoisotopic (exact) mass is 495 g/mol. The summed E-state index contributed by atoms with van der Waals surface area (Å²) in [4.78, 5) is 41.8. The average Bonchev–Trinajstić information content (AvgIpc) is 3.27. The number of anilines is 1. The van der Waals surface area contributed by atoms with Gasteiger partial charge < -0.3 is 29.3 Å². The zero-order valence-electron chi connectivity index (χ0n) is 21.2. The minimum absolute atomic E-state index is 0.00980. The molecule has 2 aliphatic rings. The molecule has 0 aromatic heterocycles. The molecule has 0 saturated carbocycles. The van der Waals surface area contributed by atoms with Crippen molar-refractivity contribution < 1.29 is 28.6 Å². The van der Waals surface area contributed by atoms with Gasteiger partial charge in [0.05, 0.1) is 38.0 Å². The van der Waals surface area contributed by atoms with Gasteiger partial charge in [-0.1, -0.05) is 12.1 Å². The summed E-state index contributed by atoms with van der Waals surface area (Å²) in [5, 5.41) is 2.92. The summed E-state index contributed by atoms with van der Waals surface area (Å²) < 4.78 is 16.4. The van der Waals surface area contributed by atoms with E-state index in [-0.39, 0.29) is 42.9 Å². The van der Waals surface area contributed by atoms with Crippen molar-refractivity contribution in [3.05, 3.63) is 53.6 Å². The van der Waals surface area contributed by atoms with Crippen molar-refractivity contribution in [3.63, 3.8) is 0 Å². The first-order valence-electron chi connectivity index (χ1n) is 12.1. The van der Waals surface area contributed by atoms with E-state index >= 15 is 0 Å².